The Morgan fingerprint density at radius 1 is 1.33 bits per heavy atom. The normalized spacial score (nSPS) is 22.9. The van der Waals surface area contributed by atoms with Crippen molar-refractivity contribution in [3.63, 3.8) is 0 Å². The van der Waals surface area contributed by atoms with Crippen molar-refractivity contribution in [3.8, 4) is 0 Å². The molecule has 1 heterocycles. The first-order chi connectivity index (χ1) is 9.93. The van der Waals surface area contributed by atoms with E-state index in [1.54, 1.807) is 6.92 Å². The average molecular weight is 296 g/mol. The molecule has 1 aliphatic rings. The third-order valence-electron chi connectivity index (χ3n) is 4.27. The maximum absolute atomic E-state index is 14.4. The van der Waals surface area contributed by atoms with Crippen LogP contribution in [-0.4, -0.2) is 25.2 Å². The first-order valence-corrected chi connectivity index (χ1v) is 7.88. The molecular weight excluding hydrogens is 270 g/mol. The molecule has 0 amide bonds. The van der Waals surface area contributed by atoms with Gasteiger partial charge in [-0.3, -0.25) is 0 Å². The number of benzene rings is 1. The molecule has 21 heavy (non-hydrogen) atoms. The van der Waals surface area contributed by atoms with Crippen LogP contribution in [0.5, 0.6) is 0 Å². The fourth-order valence-corrected chi connectivity index (χ4v) is 3.13. The Hall–Kier alpha value is -1.16. The highest BCUT2D eigenvalue weighted by Crippen LogP contribution is 2.30. The molecule has 0 spiro atoms. The van der Waals surface area contributed by atoms with E-state index in [0.29, 0.717) is 18.0 Å². The summed E-state index contributed by atoms with van der Waals surface area (Å²) in [7, 11) is 0. The van der Waals surface area contributed by atoms with Crippen LogP contribution in [0.2, 0.25) is 0 Å². The maximum atomic E-state index is 14.4. The quantitative estimate of drug-likeness (QED) is 0.907. The number of anilines is 1. The summed E-state index contributed by atoms with van der Waals surface area (Å²) in [6.07, 6.45) is 1.89. The van der Waals surface area contributed by atoms with Gasteiger partial charge < -0.3 is 10.2 Å². The van der Waals surface area contributed by atoms with Crippen LogP contribution in [0, 0.1) is 24.5 Å². The molecule has 4 heteroatoms. The Bertz CT molecular complexity index is 488. The first kappa shape index (κ1) is 16.2. The van der Waals surface area contributed by atoms with Gasteiger partial charge in [-0.1, -0.05) is 26.8 Å². The van der Waals surface area contributed by atoms with E-state index in [9.17, 15) is 8.78 Å². The van der Waals surface area contributed by atoms with Crippen molar-refractivity contribution >= 4 is 5.69 Å². The zero-order chi connectivity index (χ0) is 15.6. The van der Waals surface area contributed by atoms with E-state index >= 15 is 0 Å². The number of hydrogen-bond donors (Lipinski definition) is 1. The monoisotopic (exact) mass is 296 g/mol. The number of rotatable bonds is 4. The van der Waals surface area contributed by atoms with Crippen LogP contribution in [0.3, 0.4) is 0 Å². The van der Waals surface area contributed by atoms with Gasteiger partial charge in [-0.05, 0) is 37.3 Å². The molecule has 0 aliphatic carbocycles. The number of halogens is 2. The summed E-state index contributed by atoms with van der Waals surface area (Å²) in [5.41, 5.74) is 0.650. The lowest BCUT2D eigenvalue weighted by molar-refractivity contribution is 0.338. The number of hydrogen-bond acceptors (Lipinski definition) is 2. The van der Waals surface area contributed by atoms with Crippen molar-refractivity contribution in [1.29, 1.82) is 0 Å². The molecule has 0 aromatic heterocycles. The minimum atomic E-state index is -0.457. The van der Waals surface area contributed by atoms with Gasteiger partial charge >= 0.3 is 0 Å². The van der Waals surface area contributed by atoms with Gasteiger partial charge in [0.05, 0.1) is 0 Å². The second-order valence-electron chi connectivity index (χ2n) is 6.48. The molecule has 2 nitrogen and oxygen atoms in total. The highest BCUT2D eigenvalue weighted by atomic mass is 19.1. The minimum absolute atomic E-state index is 0.138. The second-order valence-corrected chi connectivity index (χ2v) is 6.48. The first-order valence-electron chi connectivity index (χ1n) is 7.88. The number of aryl methyl sites for hydroxylation is 1. The minimum Gasteiger partial charge on any atom is -0.361 e. The third-order valence-corrected chi connectivity index (χ3v) is 4.27. The predicted molar refractivity (Wildman–Crippen MR) is 83.8 cm³/mol. The van der Waals surface area contributed by atoms with Gasteiger partial charge in [0.1, 0.15) is 11.5 Å². The predicted octanol–water partition coefficient (Wildman–Crippen LogP) is 3.88. The van der Waals surface area contributed by atoms with Gasteiger partial charge in [-0.2, -0.15) is 0 Å². The topological polar surface area (TPSA) is 15.3 Å². The van der Waals surface area contributed by atoms with Gasteiger partial charge in [0.2, 0.25) is 0 Å². The fraction of sp³-hybridized carbons (Fsp3) is 0.647. The van der Waals surface area contributed by atoms with E-state index in [-0.39, 0.29) is 17.8 Å². The van der Waals surface area contributed by atoms with Gasteiger partial charge in [0.25, 0.3) is 0 Å². The van der Waals surface area contributed by atoms with Crippen LogP contribution in [0.15, 0.2) is 12.1 Å². The summed E-state index contributed by atoms with van der Waals surface area (Å²) >= 11 is 0. The van der Waals surface area contributed by atoms with Gasteiger partial charge in [-0.15, -0.1) is 0 Å². The van der Waals surface area contributed by atoms with Crippen molar-refractivity contribution in [2.75, 3.05) is 18.0 Å². The Labute approximate surface area is 126 Å². The van der Waals surface area contributed by atoms with Crippen molar-refractivity contribution in [2.45, 2.75) is 52.6 Å². The van der Waals surface area contributed by atoms with Gasteiger partial charge in [0.15, 0.2) is 5.82 Å². The summed E-state index contributed by atoms with van der Waals surface area (Å²) in [6.45, 7) is 9.53. The van der Waals surface area contributed by atoms with Crippen LogP contribution in [0.25, 0.3) is 0 Å². The van der Waals surface area contributed by atoms with E-state index in [1.807, 2.05) is 4.90 Å². The molecule has 2 atom stereocenters. The van der Waals surface area contributed by atoms with E-state index in [1.165, 1.54) is 12.1 Å². The van der Waals surface area contributed by atoms with E-state index < -0.39 is 11.6 Å². The Balaban J connectivity index is 2.31. The summed E-state index contributed by atoms with van der Waals surface area (Å²) in [5, 5.41) is 3.52. The van der Waals surface area contributed by atoms with E-state index in [4.69, 9.17) is 0 Å². The highest BCUT2D eigenvalue weighted by Gasteiger charge is 2.31. The molecule has 1 aliphatic heterocycles. The molecule has 2 unspecified atom stereocenters. The lowest BCUT2D eigenvalue weighted by atomic mass is 9.98. The Kier molecular flexibility index (Phi) is 5.20. The zero-order valence-corrected chi connectivity index (χ0v) is 13.4. The molecule has 2 rings (SSSR count). The lowest BCUT2D eigenvalue weighted by Gasteiger charge is -2.42. The Morgan fingerprint density at radius 3 is 2.67 bits per heavy atom. The number of piperazine rings is 1. The molecule has 0 radical (unpaired) electrons. The molecule has 1 saturated heterocycles. The second kappa shape index (κ2) is 6.73. The lowest BCUT2D eigenvalue weighted by Crippen LogP contribution is -2.57. The molecular formula is C17H26F2N2. The van der Waals surface area contributed by atoms with Gasteiger partial charge in [0, 0.05) is 25.2 Å². The average Bonchev–Trinajstić information content (AvgIpc) is 2.43. The molecule has 0 bridgehead atoms. The third kappa shape index (κ3) is 3.54. The van der Waals surface area contributed by atoms with Gasteiger partial charge in [-0.25, -0.2) is 8.78 Å². The zero-order valence-electron chi connectivity index (χ0n) is 13.4. The number of nitrogens with zero attached hydrogens (tertiary/aromatic N) is 1. The van der Waals surface area contributed by atoms with Crippen LogP contribution < -0.4 is 10.2 Å². The summed E-state index contributed by atoms with van der Waals surface area (Å²) in [4.78, 5) is 1.93. The number of nitrogens with one attached hydrogen (secondary N) is 1. The molecule has 0 saturated carbocycles. The van der Waals surface area contributed by atoms with Crippen LogP contribution in [-0.2, 0) is 0 Å². The largest absolute Gasteiger partial charge is 0.361 e. The van der Waals surface area contributed by atoms with E-state index in [2.05, 4.69) is 26.1 Å². The van der Waals surface area contributed by atoms with E-state index in [0.717, 1.165) is 19.4 Å². The fourth-order valence-electron chi connectivity index (χ4n) is 3.13. The molecule has 1 fully saturated rings. The van der Waals surface area contributed by atoms with Crippen molar-refractivity contribution < 1.29 is 8.78 Å². The highest BCUT2D eigenvalue weighted by molar-refractivity contribution is 5.53. The van der Waals surface area contributed by atoms with Crippen LogP contribution >= 0.6 is 0 Å². The molecule has 118 valence electrons. The molecule has 1 aromatic carbocycles. The SMILES string of the molecule is CCC1CNC(CC(C)C)CN1c1c(F)ccc(C)c1F. The van der Waals surface area contributed by atoms with Crippen LogP contribution in [0.4, 0.5) is 14.5 Å². The summed E-state index contributed by atoms with van der Waals surface area (Å²) in [6, 6.07) is 3.30. The van der Waals surface area contributed by atoms with Crippen LogP contribution in [0.1, 0.15) is 39.2 Å². The Morgan fingerprint density at radius 2 is 2.05 bits per heavy atom. The summed E-state index contributed by atoms with van der Waals surface area (Å²) < 4.78 is 28.7. The molecule has 1 aromatic rings. The summed E-state index contributed by atoms with van der Waals surface area (Å²) in [5.74, 6) is -0.310. The van der Waals surface area contributed by atoms with Crippen molar-refractivity contribution in [2.24, 2.45) is 5.92 Å². The van der Waals surface area contributed by atoms with Crippen molar-refractivity contribution in [1.82, 2.24) is 5.32 Å². The maximum Gasteiger partial charge on any atom is 0.152 e. The smallest absolute Gasteiger partial charge is 0.152 e. The molecule has 1 N–H and O–H groups in total. The van der Waals surface area contributed by atoms with Crippen molar-refractivity contribution in [3.05, 3.63) is 29.3 Å². The standard InChI is InChI=1S/C17H26F2N2/c1-5-14-9-20-13(8-11(2)3)10-21(14)17-15(18)7-6-12(4)16(17)19/h6-7,11,13-14,20H,5,8-10H2,1-4H3.